The smallest absolute Gasteiger partial charge is 0.269 e. The zero-order valence-corrected chi connectivity index (χ0v) is 12.6. The topological polar surface area (TPSA) is 57.3 Å². The molecule has 2 aliphatic rings. The molecular weight excluding hydrogens is 264 g/mol. The number of anilines is 1. The van der Waals surface area contributed by atoms with Crippen LogP contribution in [-0.2, 0) is 0 Å². The maximum Gasteiger partial charge on any atom is 0.269 e. The van der Waals surface area contributed by atoms with Crippen LogP contribution in [0.3, 0.4) is 0 Å². The van der Waals surface area contributed by atoms with Crippen LogP contribution < -0.4 is 15.5 Å². The van der Waals surface area contributed by atoms with Gasteiger partial charge in [0.15, 0.2) is 0 Å². The minimum atomic E-state index is -0.123. The predicted octanol–water partition coefficient (Wildman–Crippen LogP) is 1.41. The monoisotopic (exact) mass is 288 g/mol. The fourth-order valence-electron chi connectivity index (χ4n) is 2.94. The summed E-state index contributed by atoms with van der Waals surface area (Å²) in [5.41, 5.74) is 1.61. The van der Waals surface area contributed by atoms with E-state index in [0.29, 0.717) is 11.7 Å². The molecule has 5 heteroatoms. The van der Waals surface area contributed by atoms with Gasteiger partial charge in [0.2, 0.25) is 0 Å². The molecule has 0 aromatic carbocycles. The predicted molar refractivity (Wildman–Crippen MR) is 83.6 cm³/mol. The normalized spacial score (nSPS) is 21.3. The lowest BCUT2D eigenvalue weighted by Gasteiger charge is -2.28. The fourth-order valence-corrected chi connectivity index (χ4v) is 2.94. The summed E-state index contributed by atoms with van der Waals surface area (Å²) in [6.45, 7) is 3.24. The van der Waals surface area contributed by atoms with E-state index in [1.165, 1.54) is 25.7 Å². The summed E-state index contributed by atoms with van der Waals surface area (Å²) in [7, 11) is 1.64. The highest BCUT2D eigenvalue weighted by molar-refractivity contribution is 5.92. The average Bonchev–Trinajstić information content (AvgIpc) is 3.19. The largest absolute Gasteiger partial charge is 0.370 e. The van der Waals surface area contributed by atoms with Crippen LogP contribution >= 0.6 is 0 Å². The molecule has 0 radical (unpaired) electrons. The summed E-state index contributed by atoms with van der Waals surface area (Å²) in [5.74, 6) is 0.699. The van der Waals surface area contributed by atoms with E-state index in [-0.39, 0.29) is 5.91 Å². The van der Waals surface area contributed by atoms with Gasteiger partial charge in [0.25, 0.3) is 5.91 Å². The summed E-state index contributed by atoms with van der Waals surface area (Å²) in [5, 5.41) is 6.20. The van der Waals surface area contributed by atoms with E-state index in [1.807, 2.05) is 12.1 Å². The standard InChI is InChI=1S/C16H24N4O/c1-17-16(21)15-9-14(6-8-19-15)20(10-12-4-5-12)11-13-3-2-7-18-13/h6,8-9,12-13,18H,2-5,7,10-11H2,1H3,(H,17,21). The molecule has 1 amide bonds. The summed E-state index contributed by atoms with van der Waals surface area (Å²) >= 11 is 0. The highest BCUT2D eigenvalue weighted by Crippen LogP contribution is 2.31. The van der Waals surface area contributed by atoms with Gasteiger partial charge in [0.05, 0.1) is 0 Å². The lowest BCUT2D eigenvalue weighted by Crippen LogP contribution is -2.39. The van der Waals surface area contributed by atoms with Gasteiger partial charge in [-0.25, -0.2) is 0 Å². The molecule has 114 valence electrons. The molecule has 1 aromatic heterocycles. The number of carbonyl (C=O) groups excluding carboxylic acids is 1. The van der Waals surface area contributed by atoms with E-state index < -0.39 is 0 Å². The first kappa shape index (κ1) is 14.3. The molecule has 2 N–H and O–H groups in total. The van der Waals surface area contributed by atoms with E-state index >= 15 is 0 Å². The molecule has 2 fully saturated rings. The second kappa shape index (κ2) is 6.43. The average molecular weight is 288 g/mol. The van der Waals surface area contributed by atoms with Crippen molar-refractivity contribution in [3.63, 3.8) is 0 Å². The third-order valence-electron chi connectivity index (χ3n) is 4.35. The minimum absolute atomic E-state index is 0.123. The number of amides is 1. The summed E-state index contributed by atoms with van der Waals surface area (Å²) in [6, 6.07) is 4.50. The number of hydrogen-bond donors (Lipinski definition) is 2. The van der Waals surface area contributed by atoms with Crippen molar-refractivity contribution in [1.82, 2.24) is 15.6 Å². The molecular formula is C16H24N4O. The van der Waals surface area contributed by atoms with Crippen LogP contribution in [0.25, 0.3) is 0 Å². The van der Waals surface area contributed by atoms with Gasteiger partial charge < -0.3 is 15.5 Å². The highest BCUT2D eigenvalue weighted by Gasteiger charge is 2.27. The Morgan fingerprint density at radius 3 is 2.95 bits per heavy atom. The first-order valence-electron chi connectivity index (χ1n) is 7.92. The van der Waals surface area contributed by atoms with Crippen LogP contribution in [0, 0.1) is 5.92 Å². The molecule has 1 aliphatic heterocycles. The second-order valence-electron chi connectivity index (χ2n) is 6.12. The SMILES string of the molecule is CNC(=O)c1cc(N(CC2CC2)CC2CCCN2)ccn1. The van der Waals surface area contributed by atoms with E-state index in [2.05, 4.69) is 20.5 Å². The molecule has 3 rings (SSSR count). The van der Waals surface area contributed by atoms with E-state index in [0.717, 1.165) is 31.2 Å². The quantitative estimate of drug-likeness (QED) is 0.831. The number of rotatable bonds is 6. The molecule has 1 aromatic rings. The number of carbonyl (C=O) groups is 1. The van der Waals surface area contributed by atoms with Crippen molar-refractivity contribution in [3.8, 4) is 0 Å². The van der Waals surface area contributed by atoms with E-state index in [1.54, 1.807) is 13.2 Å². The summed E-state index contributed by atoms with van der Waals surface area (Å²) < 4.78 is 0. The van der Waals surface area contributed by atoms with Crippen LogP contribution in [0.1, 0.15) is 36.2 Å². The molecule has 1 saturated carbocycles. The molecule has 1 saturated heterocycles. The van der Waals surface area contributed by atoms with Crippen molar-refractivity contribution in [3.05, 3.63) is 24.0 Å². The van der Waals surface area contributed by atoms with Gasteiger partial charge in [-0.1, -0.05) is 0 Å². The van der Waals surface area contributed by atoms with Gasteiger partial charge in [-0.15, -0.1) is 0 Å². The Balaban J connectivity index is 1.75. The van der Waals surface area contributed by atoms with Crippen LogP contribution in [0.5, 0.6) is 0 Å². The zero-order valence-electron chi connectivity index (χ0n) is 12.6. The van der Waals surface area contributed by atoms with Gasteiger partial charge in [0, 0.05) is 38.1 Å². The second-order valence-corrected chi connectivity index (χ2v) is 6.12. The molecule has 0 bridgehead atoms. The van der Waals surface area contributed by atoms with Gasteiger partial charge in [-0.3, -0.25) is 9.78 Å². The number of aromatic nitrogens is 1. The fraction of sp³-hybridized carbons (Fsp3) is 0.625. The van der Waals surface area contributed by atoms with E-state index in [4.69, 9.17) is 0 Å². The van der Waals surface area contributed by atoms with Crippen molar-refractivity contribution in [1.29, 1.82) is 0 Å². The van der Waals surface area contributed by atoms with Crippen molar-refractivity contribution in [2.45, 2.75) is 31.7 Å². The Morgan fingerprint density at radius 1 is 1.43 bits per heavy atom. The molecule has 2 heterocycles. The highest BCUT2D eigenvalue weighted by atomic mass is 16.1. The summed E-state index contributed by atoms with van der Waals surface area (Å²) in [4.78, 5) is 18.4. The van der Waals surface area contributed by atoms with Crippen molar-refractivity contribution in [2.75, 3.05) is 31.6 Å². The molecule has 1 aliphatic carbocycles. The Bertz CT molecular complexity index is 495. The first-order valence-corrected chi connectivity index (χ1v) is 7.92. The Labute approximate surface area is 126 Å². The molecule has 21 heavy (non-hydrogen) atoms. The zero-order chi connectivity index (χ0) is 14.7. The van der Waals surface area contributed by atoms with Gasteiger partial charge >= 0.3 is 0 Å². The third-order valence-corrected chi connectivity index (χ3v) is 4.35. The summed E-state index contributed by atoms with van der Waals surface area (Å²) in [6.07, 6.45) is 6.92. The van der Waals surface area contributed by atoms with Crippen LogP contribution in [0.15, 0.2) is 18.3 Å². The third kappa shape index (κ3) is 3.73. The number of nitrogens with zero attached hydrogens (tertiary/aromatic N) is 2. The molecule has 1 atom stereocenters. The maximum atomic E-state index is 11.8. The Morgan fingerprint density at radius 2 is 2.29 bits per heavy atom. The minimum Gasteiger partial charge on any atom is -0.370 e. The van der Waals surface area contributed by atoms with E-state index in [9.17, 15) is 4.79 Å². The van der Waals surface area contributed by atoms with Crippen molar-refractivity contribution >= 4 is 11.6 Å². The number of hydrogen-bond acceptors (Lipinski definition) is 4. The molecule has 0 spiro atoms. The first-order chi connectivity index (χ1) is 10.3. The maximum absolute atomic E-state index is 11.8. The molecule has 5 nitrogen and oxygen atoms in total. The number of nitrogens with one attached hydrogen (secondary N) is 2. The van der Waals surface area contributed by atoms with Crippen molar-refractivity contribution < 1.29 is 4.79 Å². The van der Waals surface area contributed by atoms with Crippen LogP contribution in [0.4, 0.5) is 5.69 Å². The lowest BCUT2D eigenvalue weighted by atomic mass is 10.2. The molecule has 1 unspecified atom stereocenters. The van der Waals surface area contributed by atoms with Crippen molar-refractivity contribution in [2.24, 2.45) is 5.92 Å². The van der Waals surface area contributed by atoms with Crippen LogP contribution in [0.2, 0.25) is 0 Å². The van der Waals surface area contributed by atoms with Gasteiger partial charge in [-0.05, 0) is 50.3 Å². The lowest BCUT2D eigenvalue weighted by molar-refractivity contribution is 0.0958. The Hall–Kier alpha value is -1.62. The van der Waals surface area contributed by atoms with Crippen LogP contribution in [-0.4, -0.2) is 43.6 Å². The Kier molecular flexibility index (Phi) is 4.39. The number of pyridine rings is 1. The van der Waals surface area contributed by atoms with Gasteiger partial charge in [-0.2, -0.15) is 0 Å². The van der Waals surface area contributed by atoms with Gasteiger partial charge in [0.1, 0.15) is 5.69 Å².